The molecule has 0 aliphatic rings. The number of ether oxygens (including phenoxy) is 1. The first-order valence-corrected chi connectivity index (χ1v) is 8.20. The van der Waals surface area contributed by atoms with Crippen LogP contribution in [0.1, 0.15) is 23.6 Å². The molecular formula is C16H18N2OS2. The smallest absolute Gasteiger partial charge is 0.178 e. The van der Waals surface area contributed by atoms with Gasteiger partial charge in [-0.2, -0.15) is 0 Å². The van der Waals surface area contributed by atoms with E-state index >= 15 is 0 Å². The SMILES string of the molecule is Cc1ccc(Cn2c(=S)[nH]c3c(OC(C)C)cccc32)s1. The van der Waals surface area contributed by atoms with Crippen LogP contribution in [0.3, 0.4) is 0 Å². The summed E-state index contributed by atoms with van der Waals surface area (Å²) in [5.41, 5.74) is 2.06. The highest BCUT2D eigenvalue weighted by Crippen LogP contribution is 2.27. The summed E-state index contributed by atoms with van der Waals surface area (Å²) >= 11 is 7.29. The van der Waals surface area contributed by atoms with Gasteiger partial charge >= 0.3 is 0 Å². The predicted octanol–water partition coefficient (Wildman–Crippen LogP) is 4.90. The highest BCUT2D eigenvalue weighted by molar-refractivity contribution is 7.71. The molecule has 2 heterocycles. The minimum absolute atomic E-state index is 0.140. The fourth-order valence-electron chi connectivity index (χ4n) is 2.39. The summed E-state index contributed by atoms with van der Waals surface area (Å²) in [6.07, 6.45) is 0.140. The fraction of sp³-hybridized carbons (Fsp3) is 0.312. The molecule has 0 saturated heterocycles. The first kappa shape index (κ1) is 14.4. The van der Waals surface area contributed by atoms with Crippen molar-refractivity contribution in [2.75, 3.05) is 0 Å². The van der Waals surface area contributed by atoms with Crippen molar-refractivity contribution in [1.29, 1.82) is 0 Å². The van der Waals surface area contributed by atoms with Gasteiger partial charge in [-0.1, -0.05) is 6.07 Å². The van der Waals surface area contributed by atoms with E-state index in [2.05, 4.69) is 34.7 Å². The van der Waals surface area contributed by atoms with Gasteiger partial charge in [-0.25, -0.2) is 0 Å². The van der Waals surface area contributed by atoms with Gasteiger partial charge in [-0.3, -0.25) is 0 Å². The minimum Gasteiger partial charge on any atom is -0.489 e. The molecule has 3 aromatic rings. The number of benzene rings is 1. The summed E-state index contributed by atoms with van der Waals surface area (Å²) < 4.78 is 8.72. The molecule has 0 atom stereocenters. The van der Waals surface area contributed by atoms with Gasteiger partial charge in [-0.15, -0.1) is 11.3 Å². The highest BCUT2D eigenvalue weighted by atomic mass is 32.1. The highest BCUT2D eigenvalue weighted by Gasteiger charge is 2.11. The van der Waals surface area contributed by atoms with E-state index in [1.54, 1.807) is 11.3 Å². The van der Waals surface area contributed by atoms with E-state index in [0.717, 1.165) is 28.1 Å². The molecule has 110 valence electrons. The number of imidazole rings is 1. The number of thiophene rings is 1. The minimum atomic E-state index is 0.140. The molecule has 5 heteroatoms. The lowest BCUT2D eigenvalue weighted by molar-refractivity contribution is 0.245. The van der Waals surface area contributed by atoms with Crippen LogP contribution in [0.25, 0.3) is 11.0 Å². The number of aromatic nitrogens is 2. The Morgan fingerprint density at radius 3 is 2.76 bits per heavy atom. The van der Waals surface area contributed by atoms with E-state index in [4.69, 9.17) is 17.0 Å². The first-order valence-electron chi connectivity index (χ1n) is 6.98. The van der Waals surface area contributed by atoms with Crippen molar-refractivity contribution in [1.82, 2.24) is 9.55 Å². The van der Waals surface area contributed by atoms with Crippen LogP contribution in [-0.2, 0) is 6.54 Å². The second-order valence-electron chi connectivity index (χ2n) is 5.35. The van der Waals surface area contributed by atoms with Crippen LogP contribution in [0.2, 0.25) is 0 Å². The molecular weight excluding hydrogens is 300 g/mol. The summed E-state index contributed by atoms with van der Waals surface area (Å²) in [5.74, 6) is 0.856. The van der Waals surface area contributed by atoms with Crippen LogP contribution in [0.15, 0.2) is 30.3 Å². The zero-order valence-corrected chi connectivity index (χ0v) is 14.0. The maximum atomic E-state index is 5.86. The topological polar surface area (TPSA) is 29.9 Å². The Morgan fingerprint density at radius 2 is 2.10 bits per heavy atom. The summed E-state index contributed by atoms with van der Waals surface area (Å²) in [6, 6.07) is 10.4. The third kappa shape index (κ3) is 2.89. The van der Waals surface area contributed by atoms with Crippen molar-refractivity contribution in [2.24, 2.45) is 0 Å². The van der Waals surface area contributed by atoms with Gasteiger partial charge in [0, 0.05) is 9.75 Å². The predicted molar refractivity (Wildman–Crippen MR) is 91.0 cm³/mol. The van der Waals surface area contributed by atoms with Crippen LogP contribution in [-0.4, -0.2) is 15.7 Å². The van der Waals surface area contributed by atoms with Gasteiger partial charge in [0.2, 0.25) is 0 Å². The number of hydrogen-bond acceptors (Lipinski definition) is 3. The monoisotopic (exact) mass is 318 g/mol. The van der Waals surface area contributed by atoms with Crippen LogP contribution >= 0.6 is 23.6 Å². The van der Waals surface area contributed by atoms with Gasteiger partial charge in [0.25, 0.3) is 0 Å². The molecule has 0 aliphatic heterocycles. The zero-order chi connectivity index (χ0) is 15.0. The van der Waals surface area contributed by atoms with Gasteiger partial charge in [-0.05, 0) is 57.3 Å². The largest absolute Gasteiger partial charge is 0.489 e. The summed E-state index contributed by atoms with van der Waals surface area (Å²) in [6.45, 7) is 6.97. The van der Waals surface area contributed by atoms with Crippen LogP contribution in [0.4, 0.5) is 0 Å². The molecule has 0 amide bonds. The number of nitrogens with zero attached hydrogens (tertiary/aromatic N) is 1. The Morgan fingerprint density at radius 1 is 1.29 bits per heavy atom. The standard InChI is InChI=1S/C16H18N2OS2/c1-10(2)19-14-6-4-5-13-15(14)17-16(20)18(13)9-12-8-7-11(3)21-12/h4-8,10H,9H2,1-3H3,(H,17,20). The van der Waals surface area contributed by atoms with Crippen LogP contribution in [0, 0.1) is 11.7 Å². The third-order valence-electron chi connectivity index (χ3n) is 3.24. The van der Waals surface area contributed by atoms with Crippen molar-refractivity contribution >= 4 is 34.6 Å². The molecule has 0 saturated carbocycles. The van der Waals surface area contributed by atoms with Gasteiger partial charge in [0.15, 0.2) is 4.77 Å². The number of rotatable bonds is 4. The lowest BCUT2D eigenvalue weighted by atomic mass is 10.3. The summed E-state index contributed by atoms with van der Waals surface area (Å²) in [4.78, 5) is 5.91. The van der Waals surface area contributed by atoms with Gasteiger partial charge in [0.05, 0.1) is 18.2 Å². The Balaban J connectivity index is 2.07. The maximum absolute atomic E-state index is 5.86. The summed E-state index contributed by atoms with van der Waals surface area (Å²) in [7, 11) is 0. The van der Waals surface area contributed by atoms with E-state index in [9.17, 15) is 0 Å². The van der Waals surface area contributed by atoms with E-state index < -0.39 is 0 Å². The van der Waals surface area contributed by atoms with Gasteiger partial charge in [0.1, 0.15) is 11.3 Å². The Labute approximate surface area is 133 Å². The second kappa shape index (κ2) is 5.66. The average molecular weight is 318 g/mol. The van der Waals surface area contributed by atoms with E-state index in [1.165, 1.54) is 9.75 Å². The molecule has 0 bridgehead atoms. The van der Waals surface area contributed by atoms with E-state index in [0.29, 0.717) is 0 Å². The first-order chi connectivity index (χ1) is 10.0. The maximum Gasteiger partial charge on any atom is 0.178 e. The Kier molecular flexibility index (Phi) is 3.87. The molecule has 1 aromatic carbocycles. The van der Waals surface area contributed by atoms with Crippen molar-refractivity contribution in [3.8, 4) is 5.75 Å². The molecule has 1 N–H and O–H groups in total. The van der Waals surface area contributed by atoms with Crippen LogP contribution in [0.5, 0.6) is 5.75 Å². The Bertz CT molecular complexity index is 826. The van der Waals surface area contributed by atoms with E-state index in [1.807, 2.05) is 26.0 Å². The number of hydrogen-bond donors (Lipinski definition) is 1. The quantitative estimate of drug-likeness (QED) is 0.693. The fourth-order valence-corrected chi connectivity index (χ4v) is 3.53. The molecule has 0 fully saturated rings. The molecule has 0 spiro atoms. The van der Waals surface area contributed by atoms with Crippen LogP contribution < -0.4 is 4.74 Å². The molecule has 2 aromatic heterocycles. The zero-order valence-electron chi connectivity index (χ0n) is 12.3. The Hall–Kier alpha value is -1.59. The number of aromatic amines is 1. The lowest BCUT2D eigenvalue weighted by Crippen LogP contribution is -2.05. The molecule has 0 radical (unpaired) electrons. The van der Waals surface area contributed by atoms with Crippen molar-refractivity contribution in [3.63, 3.8) is 0 Å². The van der Waals surface area contributed by atoms with E-state index in [-0.39, 0.29) is 6.10 Å². The average Bonchev–Trinajstić information content (AvgIpc) is 2.96. The third-order valence-corrected chi connectivity index (χ3v) is 4.55. The lowest BCUT2D eigenvalue weighted by Gasteiger charge is -2.10. The normalized spacial score (nSPS) is 11.4. The van der Waals surface area contributed by atoms with Gasteiger partial charge < -0.3 is 14.3 Å². The number of para-hydroxylation sites is 1. The molecule has 3 nitrogen and oxygen atoms in total. The molecule has 0 aliphatic carbocycles. The van der Waals surface area contributed by atoms with Crippen molar-refractivity contribution < 1.29 is 4.74 Å². The molecule has 3 rings (SSSR count). The summed E-state index contributed by atoms with van der Waals surface area (Å²) in [5, 5.41) is 0. The number of nitrogens with one attached hydrogen (secondary N) is 1. The second-order valence-corrected chi connectivity index (χ2v) is 7.10. The molecule has 0 unspecified atom stereocenters. The van der Waals surface area contributed by atoms with Crippen molar-refractivity contribution in [3.05, 3.63) is 44.9 Å². The number of fused-ring (bicyclic) bond motifs is 1. The number of H-pyrrole nitrogens is 1. The molecule has 21 heavy (non-hydrogen) atoms. The van der Waals surface area contributed by atoms with Crippen molar-refractivity contribution in [2.45, 2.75) is 33.4 Å². The number of aryl methyl sites for hydroxylation is 1.